The highest BCUT2D eigenvalue weighted by Crippen LogP contribution is 2.27. The van der Waals surface area contributed by atoms with Gasteiger partial charge in [-0.3, -0.25) is 25.1 Å². The molecule has 2 aliphatic heterocycles. The first-order valence-corrected chi connectivity index (χ1v) is 10.0. The number of carboxylic acids is 1. The Bertz CT molecular complexity index is 1160. The van der Waals surface area contributed by atoms with Crippen molar-refractivity contribution in [2.24, 2.45) is 0 Å². The second-order valence-corrected chi connectivity index (χ2v) is 7.84. The zero-order chi connectivity index (χ0) is 20.0. The monoisotopic (exact) mass is 393 g/mol. The molecule has 3 aromatic rings. The molecule has 0 bridgehead atoms. The van der Waals surface area contributed by atoms with E-state index in [-0.39, 0.29) is 24.2 Å². The Labute approximate surface area is 167 Å². The average molecular weight is 393 g/mol. The van der Waals surface area contributed by atoms with Gasteiger partial charge in [-0.2, -0.15) is 0 Å². The van der Waals surface area contributed by atoms with Gasteiger partial charge in [-0.15, -0.1) is 0 Å². The van der Waals surface area contributed by atoms with Crippen LogP contribution in [0.5, 0.6) is 0 Å². The lowest BCUT2D eigenvalue weighted by atomic mass is 9.99. The van der Waals surface area contributed by atoms with Crippen LogP contribution < -0.4 is 16.1 Å². The second kappa shape index (κ2) is 7.26. The fourth-order valence-electron chi connectivity index (χ4n) is 4.44. The minimum atomic E-state index is -0.926. The van der Waals surface area contributed by atoms with Gasteiger partial charge in [0.05, 0.1) is 17.2 Å². The molecule has 5 rings (SSSR count). The molecule has 2 unspecified atom stereocenters. The lowest BCUT2D eigenvalue weighted by Crippen LogP contribution is -2.62. The zero-order valence-corrected chi connectivity index (χ0v) is 16.0. The normalized spacial score (nSPS) is 22.6. The van der Waals surface area contributed by atoms with Crippen LogP contribution in [0.25, 0.3) is 21.9 Å². The van der Waals surface area contributed by atoms with E-state index in [1.807, 2.05) is 18.2 Å². The molecule has 2 saturated heterocycles. The Morgan fingerprint density at radius 3 is 2.90 bits per heavy atom. The zero-order valence-electron chi connectivity index (χ0n) is 16.0. The van der Waals surface area contributed by atoms with Crippen LogP contribution in [0, 0.1) is 0 Å². The lowest BCUT2D eigenvalue weighted by Gasteiger charge is -2.43. The van der Waals surface area contributed by atoms with E-state index in [1.165, 1.54) is 6.42 Å². The van der Waals surface area contributed by atoms with E-state index in [2.05, 4.69) is 15.5 Å². The SMILES string of the molecule is O=C(O)Cc1ccc2oc3cc(C4CCN5CCCNC5N4)ccc3c(=O)c2c1. The topological polar surface area (TPSA) is 94.8 Å². The fourth-order valence-corrected chi connectivity index (χ4v) is 4.44. The Kier molecular flexibility index (Phi) is 4.58. The van der Waals surface area contributed by atoms with E-state index in [0.717, 1.165) is 31.6 Å². The van der Waals surface area contributed by atoms with E-state index in [4.69, 9.17) is 9.52 Å². The van der Waals surface area contributed by atoms with Crippen LogP contribution in [0.3, 0.4) is 0 Å². The van der Waals surface area contributed by atoms with Crippen LogP contribution in [-0.4, -0.2) is 41.9 Å². The molecule has 1 aromatic heterocycles. The molecule has 2 aromatic carbocycles. The predicted octanol–water partition coefficient (Wildman–Crippen LogP) is 2.19. The third-order valence-electron chi connectivity index (χ3n) is 5.91. The van der Waals surface area contributed by atoms with Crippen molar-refractivity contribution in [2.45, 2.75) is 31.6 Å². The number of carboxylic acid groups (broad SMARTS) is 1. The summed E-state index contributed by atoms with van der Waals surface area (Å²) in [6, 6.07) is 11.0. The third-order valence-corrected chi connectivity index (χ3v) is 5.91. The van der Waals surface area contributed by atoms with Gasteiger partial charge in [-0.05, 0) is 54.8 Å². The highest BCUT2D eigenvalue weighted by molar-refractivity contribution is 5.90. The molecule has 150 valence electrons. The van der Waals surface area contributed by atoms with Crippen LogP contribution in [0.2, 0.25) is 0 Å². The number of carbonyl (C=O) groups is 1. The standard InChI is InChI=1S/C22H23N3O4/c26-20(27)11-13-2-5-18-16(10-13)21(28)15-4-3-14(12-19(15)29-18)17-6-9-25-8-1-7-23-22(25)24-17/h2-5,10,12,17,22-24H,1,6-9,11H2,(H,26,27). The van der Waals surface area contributed by atoms with E-state index >= 15 is 0 Å². The van der Waals surface area contributed by atoms with Gasteiger partial charge in [-0.1, -0.05) is 12.1 Å². The molecule has 0 amide bonds. The van der Waals surface area contributed by atoms with Gasteiger partial charge in [0.1, 0.15) is 17.5 Å². The molecule has 0 spiro atoms. The van der Waals surface area contributed by atoms with Crippen LogP contribution in [0.4, 0.5) is 0 Å². The molecule has 0 saturated carbocycles. The van der Waals surface area contributed by atoms with Crippen LogP contribution in [0.1, 0.15) is 30.0 Å². The summed E-state index contributed by atoms with van der Waals surface area (Å²) in [5.74, 6) is -0.926. The van der Waals surface area contributed by atoms with Gasteiger partial charge in [0, 0.05) is 19.1 Å². The average Bonchev–Trinajstić information content (AvgIpc) is 2.73. The maximum Gasteiger partial charge on any atom is 0.307 e. The van der Waals surface area contributed by atoms with E-state index in [9.17, 15) is 9.59 Å². The first kappa shape index (κ1) is 18.3. The minimum Gasteiger partial charge on any atom is -0.481 e. The lowest BCUT2D eigenvalue weighted by molar-refractivity contribution is -0.136. The van der Waals surface area contributed by atoms with Crippen molar-refractivity contribution in [1.29, 1.82) is 0 Å². The Balaban J connectivity index is 1.51. The summed E-state index contributed by atoms with van der Waals surface area (Å²) in [5.41, 5.74) is 2.60. The summed E-state index contributed by atoms with van der Waals surface area (Å²) in [7, 11) is 0. The largest absolute Gasteiger partial charge is 0.481 e. The van der Waals surface area contributed by atoms with Gasteiger partial charge in [-0.25, -0.2) is 0 Å². The molecular weight excluding hydrogens is 370 g/mol. The number of nitrogens with one attached hydrogen (secondary N) is 2. The highest BCUT2D eigenvalue weighted by Gasteiger charge is 2.30. The van der Waals surface area contributed by atoms with Crippen molar-refractivity contribution in [2.75, 3.05) is 19.6 Å². The first-order chi connectivity index (χ1) is 14.1. The summed E-state index contributed by atoms with van der Waals surface area (Å²) >= 11 is 0. The van der Waals surface area contributed by atoms with Crippen molar-refractivity contribution in [3.8, 4) is 0 Å². The summed E-state index contributed by atoms with van der Waals surface area (Å²) in [5, 5.41) is 17.1. The van der Waals surface area contributed by atoms with E-state index in [0.29, 0.717) is 27.5 Å². The van der Waals surface area contributed by atoms with E-state index < -0.39 is 5.97 Å². The van der Waals surface area contributed by atoms with Gasteiger partial charge in [0.15, 0.2) is 0 Å². The number of nitrogens with zero attached hydrogens (tertiary/aromatic N) is 1. The maximum absolute atomic E-state index is 13.0. The number of benzene rings is 2. The fraction of sp³-hybridized carbons (Fsp3) is 0.364. The maximum atomic E-state index is 13.0. The van der Waals surface area contributed by atoms with Crippen LogP contribution in [-0.2, 0) is 11.2 Å². The third kappa shape index (κ3) is 3.42. The number of aliphatic carboxylic acids is 1. The molecule has 7 heteroatoms. The molecule has 0 aliphatic carbocycles. The second-order valence-electron chi connectivity index (χ2n) is 7.84. The molecule has 7 nitrogen and oxygen atoms in total. The van der Waals surface area contributed by atoms with Crippen molar-refractivity contribution in [3.63, 3.8) is 0 Å². The molecule has 2 aliphatic rings. The van der Waals surface area contributed by atoms with Crippen molar-refractivity contribution < 1.29 is 14.3 Å². The van der Waals surface area contributed by atoms with Crippen LogP contribution in [0.15, 0.2) is 45.6 Å². The summed E-state index contributed by atoms with van der Waals surface area (Å²) in [6.45, 7) is 3.16. The van der Waals surface area contributed by atoms with E-state index in [1.54, 1.807) is 18.2 Å². The summed E-state index contributed by atoms with van der Waals surface area (Å²) < 4.78 is 6.02. The summed E-state index contributed by atoms with van der Waals surface area (Å²) in [4.78, 5) is 26.3. The molecule has 3 N–H and O–H groups in total. The number of hydrogen-bond acceptors (Lipinski definition) is 6. The highest BCUT2D eigenvalue weighted by atomic mass is 16.4. The number of rotatable bonds is 3. The molecule has 29 heavy (non-hydrogen) atoms. The Morgan fingerprint density at radius 2 is 2.03 bits per heavy atom. The Hall–Kier alpha value is -2.74. The van der Waals surface area contributed by atoms with Gasteiger partial charge >= 0.3 is 5.97 Å². The quantitative estimate of drug-likeness (QED) is 0.587. The Morgan fingerprint density at radius 1 is 1.14 bits per heavy atom. The smallest absolute Gasteiger partial charge is 0.307 e. The van der Waals surface area contributed by atoms with Crippen molar-refractivity contribution in [3.05, 3.63) is 57.7 Å². The predicted molar refractivity (Wildman–Crippen MR) is 110 cm³/mol. The molecule has 2 atom stereocenters. The number of fused-ring (bicyclic) bond motifs is 3. The first-order valence-electron chi connectivity index (χ1n) is 10.0. The molecule has 3 heterocycles. The molecular formula is C22H23N3O4. The molecule has 2 fully saturated rings. The molecule has 0 radical (unpaired) electrons. The summed E-state index contributed by atoms with van der Waals surface area (Å²) in [6.07, 6.45) is 2.24. The van der Waals surface area contributed by atoms with Crippen molar-refractivity contribution >= 4 is 27.9 Å². The van der Waals surface area contributed by atoms with Crippen molar-refractivity contribution in [1.82, 2.24) is 15.5 Å². The van der Waals surface area contributed by atoms with Gasteiger partial charge in [0.2, 0.25) is 5.43 Å². The number of hydrogen-bond donors (Lipinski definition) is 3. The van der Waals surface area contributed by atoms with Crippen LogP contribution >= 0.6 is 0 Å². The minimum absolute atomic E-state index is 0.119. The van der Waals surface area contributed by atoms with Gasteiger partial charge in [0.25, 0.3) is 0 Å². The van der Waals surface area contributed by atoms with Gasteiger partial charge < -0.3 is 9.52 Å².